The summed E-state index contributed by atoms with van der Waals surface area (Å²) >= 11 is 0. The average molecular weight is 396 g/mol. The fourth-order valence-electron chi connectivity index (χ4n) is 2.00. The van der Waals surface area contributed by atoms with Crippen LogP contribution < -0.4 is 0 Å². The van der Waals surface area contributed by atoms with Crippen molar-refractivity contribution in [1.82, 2.24) is 9.97 Å². The van der Waals surface area contributed by atoms with Crippen molar-refractivity contribution in [2.45, 2.75) is 24.6 Å². The average Bonchev–Trinajstić information content (AvgIpc) is 2.62. The first-order chi connectivity index (χ1) is 13.2. The minimum absolute atomic E-state index is 0.0297. The van der Waals surface area contributed by atoms with Crippen molar-refractivity contribution in [3.8, 4) is 0 Å². The quantitative estimate of drug-likeness (QED) is 0.548. The molecule has 2 aromatic rings. The van der Waals surface area contributed by atoms with Crippen LogP contribution in [0.1, 0.15) is 11.1 Å². The van der Waals surface area contributed by atoms with Crippen LogP contribution in [0, 0.1) is 0 Å². The van der Waals surface area contributed by atoms with Gasteiger partial charge in [0.2, 0.25) is 0 Å². The van der Waals surface area contributed by atoms with Crippen LogP contribution in [0.4, 0.5) is 4.79 Å². The zero-order valence-electron chi connectivity index (χ0n) is 16.2. The van der Waals surface area contributed by atoms with Crippen LogP contribution >= 0.6 is 0 Å². The van der Waals surface area contributed by atoms with E-state index in [2.05, 4.69) is 14.6 Å². The van der Waals surface area contributed by atoms with Gasteiger partial charge >= 0.3 is 13.6 Å². The van der Waals surface area contributed by atoms with Crippen LogP contribution in [0.3, 0.4) is 0 Å². The number of carbonyl (C=O) groups excluding carboxylic acids is 1. The van der Waals surface area contributed by atoms with Crippen LogP contribution in [0.5, 0.6) is 0 Å². The van der Waals surface area contributed by atoms with Crippen molar-refractivity contribution in [2.75, 3.05) is 19.5 Å². The lowest BCUT2D eigenvalue weighted by Crippen LogP contribution is -2.12. The number of ether oxygens (including phenoxy) is 1. The zero-order chi connectivity index (χ0) is 21.0. The second kappa shape index (κ2) is 12.0. The standard InChI is InChI=1S/C10H14BNO5S.C7H9NO/c1-11-17-10(13)16-6-4-8-3-5-12-7-9(8)18(2,14)15;9-6-3-7-1-4-8-5-2-7/h3,5,7,11H,4,6H2,1-2H3;1-2,4-5,9H,3,6H2/i11T;. The highest BCUT2D eigenvalue weighted by Crippen LogP contribution is 2.14. The Kier molecular flexibility index (Phi) is 9.29. The summed E-state index contributed by atoms with van der Waals surface area (Å²) in [6.07, 6.45) is 7.27. The Morgan fingerprint density at radius 2 is 1.89 bits per heavy atom. The second-order valence-electron chi connectivity index (χ2n) is 5.29. The van der Waals surface area contributed by atoms with Gasteiger partial charge in [-0.15, -0.1) is 0 Å². The summed E-state index contributed by atoms with van der Waals surface area (Å²) in [5.74, 6) is 0. The summed E-state index contributed by atoms with van der Waals surface area (Å²) in [6, 6.07) is 5.35. The van der Waals surface area contributed by atoms with E-state index in [1.165, 1.54) is 19.2 Å². The molecule has 0 aromatic carbocycles. The highest BCUT2D eigenvalue weighted by molar-refractivity contribution is 7.90. The molecule has 0 spiro atoms. The maximum absolute atomic E-state index is 11.5. The molecular weight excluding hydrogens is 371 g/mol. The molecule has 10 heteroatoms. The molecule has 146 valence electrons. The van der Waals surface area contributed by atoms with E-state index in [4.69, 9.17) is 11.2 Å². The maximum atomic E-state index is 11.5. The number of hydrogen-bond acceptors (Lipinski definition) is 8. The Bertz CT molecular complexity index is 837. The molecule has 27 heavy (non-hydrogen) atoms. The highest BCUT2D eigenvalue weighted by Gasteiger charge is 2.13. The first-order valence-electron chi connectivity index (χ1n) is 8.70. The molecule has 0 unspecified atom stereocenters. The Labute approximate surface area is 161 Å². The van der Waals surface area contributed by atoms with Gasteiger partial charge in [-0.05, 0) is 42.6 Å². The topological polar surface area (TPSA) is 116 Å². The van der Waals surface area contributed by atoms with Gasteiger partial charge in [-0.3, -0.25) is 9.97 Å². The van der Waals surface area contributed by atoms with Crippen molar-refractivity contribution >= 4 is 23.4 Å². The Morgan fingerprint density at radius 3 is 2.48 bits per heavy atom. The number of aliphatic hydroxyl groups excluding tert-OH is 1. The van der Waals surface area contributed by atoms with E-state index in [0.717, 1.165) is 18.2 Å². The molecule has 0 aliphatic heterocycles. The van der Waals surface area contributed by atoms with Crippen molar-refractivity contribution in [3.05, 3.63) is 54.1 Å². The van der Waals surface area contributed by atoms with Crippen molar-refractivity contribution in [3.63, 3.8) is 0 Å². The first-order valence-corrected chi connectivity index (χ1v) is 10.0. The molecule has 2 heterocycles. The summed E-state index contributed by atoms with van der Waals surface area (Å²) in [4.78, 5) is 18.7. The van der Waals surface area contributed by atoms with Gasteiger partial charge in [0.05, 0.1) is 11.5 Å². The largest absolute Gasteiger partial charge is 0.510 e. The third kappa shape index (κ3) is 9.16. The third-order valence-corrected chi connectivity index (χ3v) is 4.39. The maximum Gasteiger partial charge on any atom is 0.489 e. The van der Waals surface area contributed by atoms with Gasteiger partial charge in [-0.2, -0.15) is 0 Å². The third-order valence-electron chi connectivity index (χ3n) is 3.22. The molecule has 0 radical (unpaired) electrons. The molecule has 0 fully saturated rings. The van der Waals surface area contributed by atoms with Crippen molar-refractivity contribution in [1.29, 1.82) is 1.34 Å². The van der Waals surface area contributed by atoms with Crippen LogP contribution in [0.25, 0.3) is 0 Å². The molecule has 2 rings (SSSR count). The molecule has 2 aromatic heterocycles. The zero-order valence-corrected chi connectivity index (χ0v) is 16.1. The minimum atomic E-state index is -3.37. The highest BCUT2D eigenvalue weighted by atomic mass is 32.2. The number of carbonyl (C=O) groups is 1. The van der Waals surface area contributed by atoms with Crippen LogP contribution in [-0.4, -0.2) is 57.9 Å². The molecule has 0 aliphatic carbocycles. The summed E-state index contributed by atoms with van der Waals surface area (Å²) in [6.45, 7) is 1.56. The smallest absolute Gasteiger partial charge is 0.489 e. The molecule has 0 bridgehead atoms. The first kappa shape index (κ1) is 20.9. The van der Waals surface area contributed by atoms with Crippen molar-refractivity contribution < 1.29 is 27.7 Å². The molecule has 0 saturated heterocycles. The molecule has 1 N–H and O–H groups in total. The number of pyridine rings is 2. The van der Waals surface area contributed by atoms with Crippen LogP contribution in [0.15, 0.2) is 47.9 Å². The van der Waals surface area contributed by atoms with Gasteiger partial charge in [-0.25, -0.2) is 13.2 Å². The van der Waals surface area contributed by atoms with Gasteiger partial charge in [0.25, 0.3) is 0 Å². The fraction of sp³-hybridized carbons (Fsp3) is 0.353. The van der Waals surface area contributed by atoms with Gasteiger partial charge in [-0.1, -0.05) is 0 Å². The van der Waals surface area contributed by atoms with Crippen LogP contribution in [0.2, 0.25) is 6.82 Å². The van der Waals surface area contributed by atoms with E-state index in [-0.39, 0.29) is 24.5 Å². The SMILES string of the molecule is OCCc1ccncc1.[3H]B(C)OC(=O)OCCc1ccncc1S(C)(=O)=O. The van der Waals surface area contributed by atoms with Gasteiger partial charge in [0, 0.05) is 45.4 Å². The van der Waals surface area contributed by atoms with E-state index in [9.17, 15) is 13.2 Å². The summed E-state index contributed by atoms with van der Waals surface area (Å²) in [7, 11) is -4.37. The Hall–Kier alpha value is -2.46. The number of sulfone groups is 1. The van der Waals surface area contributed by atoms with E-state index in [0.29, 0.717) is 5.56 Å². The van der Waals surface area contributed by atoms with Gasteiger partial charge < -0.3 is 14.5 Å². The predicted octanol–water partition coefficient (Wildman–Crippen LogP) is 1.20. The molecule has 0 saturated carbocycles. The summed E-state index contributed by atoms with van der Waals surface area (Å²) in [5, 5.41) is 8.50. The Morgan fingerprint density at radius 1 is 1.22 bits per heavy atom. The molecule has 0 aliphatic rings. The minimum Gasteiger partial charge on any atom is -0.510 e. The number of hydrogen-bond donors (Lipinski definition) is 1. The fourth-order valence-corrected chi connectivity index (χ4v) is 2.90. The number of aromatic nitrogens is 2. The lowest BCUT2D eigenvalue weighted by atomic mass is 10.1. The Balaban J connectivity index is 0.000000362. The summed E-state index contributed by atoms with van der Waals surface area (Å²) in [5.41, 5.74) is 1.65. The lowest BCUT2D eigenvalue weighted by Gasteiger charge is -2.07. The number of rotatable bonds is 7. The van der Waals surface area contributed by atoms with E-state index in [1.807, 2.05) is 12.1 Å². The molecule has 0 amide bonds. The van der Waals surface area contributed by atoms with Crippen molar-refractivity contribution in [2.24, 2.45) is 0 Å². The summed E-state index contributed by atoms with van der Waals surface area (Å²) < 4.78 is 39.2. The van der Waals surface area contributed by atoms with Gasteiger partial charge in [0.1, 0.15) is 0 Å². The second-order valence-corrected chi connectivity index (χ2v) is 7.27. The normalized spacial score (nSPS) is 10.9. The molecule has 8 nitrogen and oxygen atoms in total. The number of aliphatic hydroxyl groups is 1. The van der Waals surface area contributed by atoms with E-state index < -0.39 is 23.4 Å². The molecular formula is C17H23BN2O6S. The molecule has 0 atom stereocenters. The van der Waals surface area contributed by atoms with E-state index >= 15 is 0 Å². The van der Waals surface area contributed by atoms with Crippen LogP contribution in [-0.2, 0) is 32.1 Å². The predicted molar refractivity (Wildman–Crippen MR) is 102 cm³/mol. The van der Waals surface area contributed by atoms with E-state index in [1.54, 1.807) is 18.5 Å². The number of nitrogens with zero attached hydrogens (tertiary/aromatic N) is 2. The van der Waals surface area contributed by atoms with Gasteiger partial charge in [0.15, 0.2) is 9.84 Å². The monoisotopic (exact) mass is 396 g/mol. The lowest BCUT2D eigenvalue weighted by molar-refractivity contribution is 0.102.